The van der Waals surface area contributed by atoms with Crippen molar-refractivity contribution >= 4 is 33.7 Å². The van der Waals surface area contributed by atoms with Gasteiger partial charge in [0.25, 0.3) is 0 Å². The average Bonchev–Trinajstić information content (AvgIpc) is 2.63. The molecule has 0 aliphatic carbocycles. The number of phenolic OH excluding ortho intramolecular Hbond substituents is 1. The number of rotatable bonds is 3. The first-order chi connectivity index (χ1) is 11.8. The molecule has 0 aliphatic heterocycles. The summed E-state index contributed by atoms with van der Waals surface area (Å²) in [6, 6.07) is 23.2. The predicted molar refractivity (Wildman–Crippen MR) is 98.6 cm³/mol. The lowest BCUT2D eigenvalue weighted by atomic mass is 10.1. The summed E-state index contributed by atoms with van der Waals surface area (Å²) in [6.07, 6.45) is 1.58. The molecule has 0 saturated carbocycles. The quantitative estimate of drug-likeness (QED) is 0.332. The molecule has 0 unspecified atom stereocenters. The second kappa shape index (κ2) is 6.01. The van der Waals surface area contributed by atoms with E-state index >= 15 is 0 Å². The molecule has 0 amide bonds. The van der Waals surface area contributed by atoms with Crippen molar-refractivity contribution in [1.29, 1.82) is 0 Å². The van der Waals surface area contributed by atoms with Crippen molar-refractivity contribution in [2.45, 2.75) is 0 Å². The molecule has 3 aromatic carbocycles. The van der Waals surface area contributed by atoms with E-state index in [-0.39, 0.29) is 5.75 Å². The van der Waals surface area contributed by atoms with E-state index in [9.17, 15) is 5.11 Å². The van der Waals surface area contributed by atoms with Gasteiger partial charge in [-0.3, -0.25) is 5.43 Å². The number of hydrazone groups is 1. The van der Waals surface area contributed by atoms with Gasteiger partial charge in [0.05, 0.1) is 11.7 Å². The maximum atomic E-state index is 9.79. The lowest BCUT2D eigenvalue weighted by Gasteiger charge is -2.08. The molecule has 0 radical (unpaired) electrons. The zero-order valence-corrected chi connectivity index (χ0v) is 12.8. The maximum absolute atomic E-state index is 9.79. The van der Waals surface area contributed by atoms with Gasteiger partial charge in [0, 0.05) is 16.3 Å². The summed E-state index contributed by atoms with van der Waals surface area (Å²) in [5.74, 6) is 0.885. The number of nitrogens with zero attached hydrogens (tertiary/aromatic N) is 2. The van der Waals surface area contributed by atoms with Crippen molar-refractivity contribution in [3.8, 4) is 5.75 Å². The third-order valence-electron chi connectivity index (χ3n) is 3.92. The third kappa shape index (κ3) is 2.54. The molecule has 4 heteroatoms. The molecule has 1 heterocycles. The number of aromatic nitrogens is 1. The van der Waals surface area contributed by atoms with Crippen LogP contribution in [0.2, 0.25) is 0 Å². The van der Waals surface area contributed by atoms with E-state index in [0.29, 0.717) is 11.4 Å². The van der Waals surface area contributed by atoms with Crippen LogP contribution in [0.3, 0.4) is 0 Å². The van der Waals surface area contributed by atoms with Gasteiger partial charge in [-0.1, -0.05) is 54.6 Å². The zero-order valence-electron chi connectivity index (χ0n) is 12.8. The summed E-state index contributed by atoms with van der Waals surface area (Å²) in [7, 11) is 0. The summed E-state index contributed by atoms with van der Waals surface area (Å²) in [4.78, 5) is 4.67. The maximum Gasteiger partial charge on any atom is 0.154 e. The van der Waals surface area contributed by atoms with Gasteiger partial charge in [-0.25, -0.2) is 4.98 Å². The van der Waals surface area contributed by atoms with Gasteiger partial charge in [-0.05, 0) is 23.6 Å². The molecule has 0 atom stereocenters. The SMILES string of the molecule is Oc1ccccc1/C=N/Nc1nc2ccccc2c2ccccc12. The fraction of sp³-hybridized carbons (Fsp3) is 0. The van der Waals surface area contributed by atoms with Crippen molar-refractivity contribution < 1.29 is 5.11 Å². The molecule has 0 saturated heterocycles. The van der Waals surface area contributed by atoms with E-state index in [4.69, 9.17) is 0 Å². The molecule has 0 bridgehead atoms. The van der Waals surface area contributed by atoms with Gasteiger partial charge >= 0.3 is 0 Å². The van der Waals surface area contributed by atoms with Gasteiger partial charge in [-0.2, -0.15) is 5.10 Å². The Morgan fingerprint density at radius 2 is 1.46 bits per heavy atom. The number of phenols is 1. The number of fused-ring (bicyclic) bond motifs is 3. The van der Waals surface area contributed by atoms with E-state index in [1.54, 1.807) is 24.4 Å². The van der Waals surface area contributed by atoms with Crippen molar-refractivity contribution in [3.63, 3.8) is 0 Å². The van der Waals surface area contributed by atoms with E-state index in [2.05, 4.69) is 27.6 Å². The predicted octanol–water partition coefficient (Wildman–Crippen LogP) is 4.54. The fourth-order valence-corrected chi connectivity index (χ4v) is 2.75. The van der Waals surface area contributed by atoms with Gasteiger partial charge in [0.15, 0.2) is 5.82 Å². The Morgan fingerprint density at radius 1 is 0.792 bits per heavy atom. The molecule has 24 heavy (non-hydrogen) atoms. The summed E-state index contributed by atoms with van der Waals surface area (Å²) < 4.78 is 0. The van der Waals surface area contributed by atoms with Gasteiger partial charge in [-0.15, -0.1) is 0 Å². The number of para-hydroxylation sites is 2. The second-order valence-electron chi connectivity index (χ2n) is 5.45. The molecule has 116 valence electrons. The Kier molecular flexibility index (Phi) is 3.56. The molecular formula is C20H15N3O. The minimum absolute atomic E-state index is 0.194. The third-order valence-corrected chi connectivity index (χ3v) is 3.92. The first-order valence-corrected chi connectivity index (χ1v) is 7.67. The molecule has 4 nitrogen and oxygen atoms in total. The molecular weight excluding hydrogens is 298 g/mol. The number of nitrogens with one attached hydrogen (secondary N) is 1. The Morgan fingerprint density at radius 3 is 2.29 bits per heavy atom. The van der Waals surface area contributed by atoms with Gasteiger partial charge in [0.2, 0.25) is 0 Å². The number of anilines is 1. The first kappa shape index (κ1) is 14.2. The van der Waals surface area contributed by atoms with Gasteiger partial charge in [0.1, 0.15) is 5.75 Å². The number of hydrogen-bond acceptors (Lipinski definition) is 4. The lowest BCUT2D eigenvalue weighted by molar-refractivity contribution is 0.474. The summed E-state index contributed by atoms with van der Waals surface area (Å²) >= 11 is 0. The van der Waals surface area contributed by atoms with Crippen LogP contribution in [0.15, 0.2) is 77.9 Å². The topological polar surface area (TPSA) is 57.5 Å². The van der Waals surface area contributed by atoms with E-state index < -0.39 is 0 Å². The minimum Gasteiger partial charge on any atom is -0.507 e. The number of hydrogen-bond donors (Lipinski definition) is 2. The van der Waals surface area contributed by atoms with E-state index in [1.165, 1.54) is 0 Å². The average molecular weight is 313 g/mol. The highest BCUT2D eigenvalue weighted by atomic mass is 16.3. The van der Waals surface area contributed by atoms with Gasteiger partial charge < -0.3 is 5.11 Å². The van der Waals surface area contributed by atoms with Crippen LogP contribution in [0.4, 0.5) is 5.82 Å². The molecule has 2 N–H and O–H groups in total. The number of pyridine rings is 1. The molecule has 1 aromatic heterocycles. The second-order valence-corrected chi connectivity index (χ2v) is 5.45. The van der Waals surface area contributed by atoms with Crippen LogP contribution < -0.4 is 5.43 Å². The summed E-state index contributed by atoms with van der Waals surface area (Å²) in [5.41, 5.74) is 4.56. The summed E-state index contributed by atoms with van der Waals surface area (Å²) in [5, 5.41) is 17.3. The molecule has 4 rings (SSSR count). The Balaban J connectivity index is 1.77. The largest absolute Gasteiger partial charge is 0.507 e. The van der Waals surface area contributed by atoms with Crippen LogP contribution in [0.5, 0.6) is 5.75 Å². The number of benzene rings is 3. The molecule has 0 spiro atoms. The van der Waals surface area contributed by atoms with Crippen LogP contribution in [0, 0.1) is 0 Å². The van der Waals surface area contributed by atoms with Crippen molar-refractivity contribution in [3.05, 3.63) is 78.4 Å². The van der Waals surface area contributed by atoms with Crippen molar-refractivity contribution in [1.82, 2.24) is 4.98 Å². The zero-order chi connectivity index (χ0) is 16.4. The highest BCUT2D eigenvalue weighted by molar-refractivity contribution is 6.10. The Labute approximate surface area is 139 Å². The monoisotopic (exact) mass is 313 g/mol. The lowest BCUT2D eigenvalue weighted by Crippen LogP contribution is -1.96. The van der Waals surface area contributed by atoms with Crippen LogP contribution in [0.1, 0.15) is 5.56 Å². The highest BCUT2D eigenvalue weighted by Gasteiger charge is 2.06. The highest BCUT2D eigenvalue weighted by Crippen LogP contribution is 2.29. The van der Waals surface area contributed by atoms with Crippen LogP contribution in [0.25, 0.3) is 21.7 Å². The Hall–Kier alpha value is -3.40. The normalized spacial score (nSPS) is 11.3. The van der Waals surface area contributed by atoms with E-state index in [0.717, 1.165) is 21.7 Å². The van der Waals surface area contributed by atoms with E-state index in [1.807, 2.05) is 42.5 Å². The molecule has 0 fully saturated rings. The van der Waals surface area contributed by atoms with Crippen LogP contribution in [-0.2, 0) is 0 Å². The molecule has 4 aromatic rings. The Bertz CT molecular complexity index is 1060. The van der Waals surface area contributed by atoms with Crippen molar-refractivity contribution in [2.24, 2.45) is 5.10 Å². The van der Waals surface area contributed by atoms with Crippen molar-refractivity contribution in [2.75, 3.05) is 5.43 Å². The van der Waals surface area contributed by atoms with Crippen LogP contribution >= 0.6 is 0 Å². The van der Waals surface area contributed by atoms with Crippen LogP contribution in [-0.4, -0.2) is 16.3 Å². The minimum atomic E-state index is 0.194. The molecule has 0 aliphatic rings. The first-order valence-electron chi connectivity index (χ1n) is 7.67. The standard InChI is InChI=1S/C20H15N3O/c24-19-12-6-1-7-14(19)13-21-23-20-17-10-3-2-8-15(17)16-9-4-5-11-18(16)22-20/h1-13,24H,(H,22,23)/b21-13+. The fourth-order valence-electron chi connectivity index (χ4n) is 2.75. The summed E-state index contributed by atoms with van der Waals surface area (Å²) in [6.45, 7) is 0. The number of aromatic hydroxyl groups is 1. The smallest absolute Gasteiger partial charge is 0.154 e.